The third kappa shape index (κ3) is 3.74. The summed E-state index contributed by atoms with van der Waals surface area (Å²) < 4.78 is 10.6. The average Bonchev–Trinajstić information content (AvgIpc) is 2.45. The molecule has 0 N–H and O–H groups in total. The standard InChI is InChI=1S/C17H25NO5/c1-5-22-14(20)17-8-6-13(19)10-12(17)7-9-18(11-17)15(21)23-16(2,3)4/h10H,5-9,11H2,1-4H3. The van der Waals surface area contributed by atoms with E-state index in [4.69, 9.17) is 9.47 Å². The van der Waals surface area contributed by atoms with Crippen molar-refractivity contribution in [3.63, 3.8) is 0 Å². The van der Waals surface area contributed by atoms with Crippen LogP contribution in [-0.2, 0) is 19.1 Å². The number of piperidine rings is 1. The molecule has 0 bridgehead atoms. The third-order valence-corrected chi connectivity index (χ3v) is 4.18. The number of ether oxygens (including phenoxy) is 2. The van der Waals surface area contributed by atoms with Crippen molar-refractivity contribution >= 4 is 17.8 Å². The predicted octanol–water partition coefficient (Wildman–Crippen LogP) is 2.47. The first-order chi connectivity index (χ1) is 10.7. The molecule has 6 nitrogen and oxygen atoms in total. The van der Waals surface area contributed by atoms with E-state index in [0.29, 0.717) is 25.8 Å². The van der Waals surface area contributed by atoms with Crippen LogP contribution in [0, 0.1) is 5.41 Å². The topological polar surface area (TPSA) is 72.9 Å². The molecule has 128 valence electrons. The molecule has 1 amide bonds. The van der Waals surface area contributed by atoms with Crippen molar-refractivity contribution < 1.29 is 23.9 Å². The molecule has 23 heavy (non-hydrogen) atoms. The maximum atomic E-state index is 12.6. The second kappa shape index (κ2) is 6.34. The van der Waals surface area contributed by atoms with Gasteiger partial charge >= 0.3 is 12.1 Å². The number of hydrogen-bond donors (Lipinski definition) is 0. The fourth-order valence-electron chi connectivity index (χ4n) is 3.10. The molecular weight excluding hydrogens is 298 g/mol. The van der Waals surface area contributed by atoms with Crippen LogP contribution in [0.1, 0.15) is 47.0 Å². The Balaban J connectivity index is 2.26. The highest BCUT2D eigenvalue weighted by atomic mass is 16.6. The van der Waals surface area contributed by atoms with Crippen molar-refractivity contribution in [3.05, 3.63) is 11.6 Å². The molecule has 0 aromatic rings. The molecule has 1 aliphatic carbocycles. The number of likely N-dealkylation sites (tertiary alicyclic amines) is 1. The molecule has 0 radical (unpaired) electrons. The Morgan fingerprint density at radius 3 is 2.61 bits per heavy atom. The van der Waals surface area contributed by atoms with Gasteiger partial charge in [-0.1, -0.05) is 0 Å². The van der Waals surface area contributed by atoms with Crippen molar-refractivity contribution in [2.24, 2.45) is 5.41 Å². The van der Waals surface area contributed by atoms with Crippen LogP contribution in [0.5, 0.6) is 0 Å². The number of carbonyl (C=O) groups excluding carboxylic acids is 3. The van der Waals surface area contributed by atoms with Crippen molar-refractivity contribution in [3.8, 4) is 0 Å². The van der Waals surface area contributed by atoms with E-state index < -0.39 is 17.1 Å². The number of nitrogens with zero attached hydrogens (tertiary/aromatic N) is 1. The highest BCUT2D eigenvalue weighted by molar-refractivity contribution is 5.95. The van der Waals surface area contributed by atoms with Gasteiger partial charge < -0.3 is 14.4 Å². The van der Waals surface area contributed by atoms with Gasteiger partial charge in [-0.2, -0.15) is 0 Å². The van der Waals surface area contributed by atoms with Gasteiger partial charge in [0.25, 0.3) is 0 Å². The molecule has 0 spiro atoms. The number of rotatable bonds is 2. The second-order valence-electron chi connectivity index (χ2n) is 7.09. The molecule has 0 aromatic heterocycles. The summed E-state index contributed by atoms with van der Waals surface area (Å²) in [4.78, 5) is 38.2. The number of esters is 1. The van der Waals surface area contributed by atoms with Gasteiger partial charge in [-0.15, -0.1) is 0 Å². The fourth-order valence-corrected chi connectivity index (χ4v) is 3.10. The molecule has 1 unspecified atom stereocenters. The highest BCUT2D eigenvalue weighted by Crippen LogP contribution is 2.43. The van der Waals surface area contributed by atoms with Crippen molar-refractivity contribution in [1.82, 2.24) is 4.90 Å². The molecule has 1 fully saturated rings. The normalized spacial score (nSPS) is 24.6. The van der Waals surface area contributed by atoms with Crippen LogP contribution in [0.25, 0.3) is 0 Å². The maximum Gasteiger partial charge on any atom is 0.410 e. The van der Waals surface area contributed by atoms with Crippen molar-refractivity contribution in [2.45, 2.75) is 52.6 Å². The van der Waals surface area contributed by atoms with Gasteiger partial charge in [-0.05, 0) is 52.2 Å². The molecule has 1 atom stereocenters. The lowest BCUT2D eigenvalue weighted by Gasteiger charge is -2.44. The first-order valence-electron chi connectivity index (χ1n) is 8.07. The predicted molar refractivity (Wildman–Crippen MR) is 83.8 cm³/mol. The Morgan fingerprint density at radius 1 is 1.30 bits per heavy atom. The van der Waals surface area contributed by atoms with Gasteiger partial charge in [0.05, 0.1) is 6.61 Å². The Bertz CT molecular complexity index is 546. The van der Waals surface area contributed by atoms with Crippen molar-refractivity contribution in [1.29, 1.82) is 0 Å². The lowest BCUT2D eigenvalue weighted by Crippen LogP contribution is -2.54. The van der Waals surface area contributed by atoms with E-state index in [9.17, 15) is 14.4 Å². The number of hydrogen-bond acceptors (Lipinski definition) is 5. The van der Waals surface area contributed by atoms with E-state index in [1.54, 1.807) is 38.7 Å². The monoisotopic (exact) mass is 323 g/mol. The van der Waals surface area contributed by atoms with E-state index >= 15 is 0 Å². The summed E-state index contributed by atoms with van der Waals surface area (Å²) in [5.74, 6) is -0.322. The summed E-state index contributed by atoms with van der Waals surface area (Å²) in [6.45, 7) is 8.09. The maximum absolute atomic E-state index is 12.6. The summed E-state index contributed by atoms with van der Waals surface area (Å²) in [6.07, 6.45) is 2.30. The quantitative estimate of drug-likeness (QED) is 0.730. The first kappa shape index (κ1) is 17.5. The van der Waals surface area contributed by atoms with E-state index in [2.05, 4.69) is 0 Å². The van der Waals surface area contributed by atoms with Gasteiger partial charge in [0.15, 0.2) is 5.78 Å². The van der Waals surface area contributed by atoms with Crippen LogP contribution in [0.2, 0.25) is 0 Å². The summed E-state index contributed by atoms with van der Waals surface area (Å²) in [5.41, 5.74) is -0.710. The first-order valence-corrected chi connectivity index (χ1v) is 8.07. The minimum atomic E-state index is -0.904. The summed E-state index contributed by atoms with van der Waals surface area (Å²) >= 11 is 0. The molecule has 6 heteroatoms. The number of ketones is 1. The molecule has 1 saturated heterocycles. The van der Waals surface area contributed by atoms with Gasteiger partial charge in [0.1, 0.15) is 11.0 Å². The van der Waals surface area contributed by atoms with E-state index in [-0.39, 0.29) is 24.9 Å². The molecular formula is C17H25NO5. The van der Waals surface area contributed by atoms with Crippen LogP contribution >= 0.6 is 0 Å². The minimum Gasteiger partial charge on any atom is -0.465 e. The Hall–Kier alpha value is -1.85. The zero-order chi connectivity index (χ0) is 17.3. The largest absolute Gasteiger partial charge is 0.465 e. The lowest BCUT2D eigenvalue weighted by atomic mass is 9.68. The number of fused-ring (bicyclic) bond motifs is 1. The number of carbonyl (C=O) groups is 3. The van der Waals surface area contributed by atoms with Crippen LogP contribution in [0.3, 0.4) is 0 Å². The van der Waals surface area contributed by atoms with Crippen LogP contribution in [0.4, 0.5) is 4.79 Å². The molecule has 2 rings (SSSR count). The Kier molecular flexibility index (Phi) is 4.82. The molecule has 1 heterocycles. The molecule has 0 aromatic carbocycles. The fraction of sp³-hybridized carbons (Fsp3) is 0.706. The van der Waals surface area contributed by atoms with E-state index in [0.717, 1.165) is 5.57 Å². The summed E-state index contributed by atoms with van der Waals surface area (Å²) in [6, 6.07) is 0. The summed E-state index contributed by atoms with van der Waals surface area (Å²) in [5, 5.41) is 0. The van der Waals surface area contributed by atoms with E-state index in [1.165, 1.54) is 0 Å². The Labute approximate surface area is 136 Å². The zero-order valence-electron chi connectivity index (χ0n) is 14.3. The number of amides is 1. The average molecular weight is 323 g/mol. The third-order valence-electron chi connectivity index (χ3n) is 4.18. The highest BCUT2D eigenvalue weighted by Gasteiger charge is 2.50. The van der Waals surface area contributed by atoms with E-state index in [1.807, 2.05) is 0 Å². The number of allylic oxidation sites excluding steroid dienone is 1. The van der Waals surface area contributed by atoms with Gasteiger partial charge in [0.2, 0.25) is 0 Å². The minimum absolute atomic E-state index is 0.0330. The molecule has 1 aliphatic heterocycles. The van der Waals surface area contributed by atoms with Crippen LogP contribution < -0.4 is 0 Å². The smallest absolute Gasteiger partial charge is 0.410 e. The van der Waals surface area contributed by atoms with Gasteiger partial charge in [-0.25, -0.2) is 4.79 Å². The summed E-state index contributed by atoms with van der Waals surface area (Å²) in [7, 11) is 0. The van der Waals surface area contributed by atoms with Gasteiger partial charge in [-0.3, -0.25) is 9.59 Å². The molecule has 2 aliphatic rings. The van der Waals surface area contributed by atoms with Crippen molar-refractivity contribution in [2.75, 3.05) is 19.7 Å². The SMILES string of the molecule is CCOC(=O)C12CCC(=O)C=C1CCN(C(=O)OC(C)(C)C)C2. The van der Waals surface area contributed by atoms with Crippen LogP contribution in [0.15, 0.2) is 11.6 Å². The zero-order valence-corrected chi connectivity index (χ0v) is 14.3. The van der Waals surface area contributed by atoms with Crippen LogP contribution in [-0.4, -0.2) is 48.0 Å². The van der Waals surface area contributed by atoms with Gasteiger partial charge in [0, 0.05) is 19.5 Å². The lowest BCUT2D eigenvalue weighted by molar-refractivity contribution is -0.156. The Morgan fingerprint density at radius 2 is 2.00 bits per heavy atom. The second-order valence-corrected chi connectivity index (χ2v) is 7.09. The molecule has 0 saturated carbocycles.